The summed E-state index contributed by atoms with van der Waals surface area (Å²) in [6.45, 7) is 2.15. The molecule has 1 aromatic carbocycles. The van der Waals surface area contributed by atoms with E-state index in [1.165, 1.54) is 8.45 Å². The minimum atomic E-state index is 0.179. The highest BCUT2D eigenvalue weighted by Crippen LogP contribution is 2.28. The summed E-state index contributed by atoms with van der Waals surface area (Å²) in [4.78, 5) is 1.29. The van der Waals surface area contributed by atoms with Crippen LogP contribution in [-0.2, 0) is 0 Å². The van der Waals surface area contributed by atoms with Crippen molar-refractivity contribution >= 4 is 33.9 Å². The first-order valence-electron chi connectivity index (χ1n) is 5.25. The highest BCUT2D eigenvalue weighted by atomic mass is 127. The molecule has 0 spiro atoms. The van der Waals surface area contributed by atoms with Crippen molar-refractivity contribution in [3.63, 3.8) is 0 Å². The number of hydrogen-bond donors (Lipinski definition) is 0. The van der Waals surface area contributed by atoms with Crippen molar-refractivity contribution < 1.29 is 4.74 Å². The Kier molecular flexibility index (Phi) is 4.23. The number of benzene rings is 1. The van der Waals surface area contributed by atoms with E-state index in [1.54, 1.807) is 11.3 Å². The van der Waals surface area contributed by atoms with Crippen LogP contribution in [0.4, 0.5) is 0 Å². The lowest BCUT2D eigenvalue weighted by Gasteiger charge is -2.16. The molecule has 1 heterocycles. The standard InChI is InChI=1S/C13H13IOS/c1-2-12(13-7-4-8-16-13)15-11-6-3-5-10(14)9-11/h3-9,12H,2H2,1H3. The molecule has 0 bridgehead atoms. The Balaban J connectivity index is 2.13. The Morgan fingerprint density at radius 2 is 2.19 bits per heavy atom. The van der Waals surface area contributed by atoms with Crippen LogP contribution in [0.1, 0.15) is 24.3 Å². The second-order valence-corrected chi connectivity index (χ2v) is 5.71. The van der Waals surface area contributed by atoms with Crippen molar-refractivity contribution in [2.24, 2.45) is 0 Å². The van der Waals surface area contributed by atoms with E-state index in [9.17, 15) is 0 Å². The Bertz CT molecular complexity index is 439. The molecule has 84 valence electrons. The summed E-state index contributed by atoms with van der Waals surface area (Å²) in [7, 11) is 0. The van der Waals surface area contributed by atoms with Crippen molar-refractivity contribution in [1.29, 1.82) is 0 Å². The van der Waals surface area contributed by atoms with Crippen molar-refractivity contribution in [2.45, 2.75) is 19.4 Å². The molecule has 1 nitrogen and oxygen atoms in total. The van der Waals surface area contributed by atoms with Crippen molar-refractivity contribution in [3.05, 3.63) is 50.2 Å². The van der Waals surface area contributed by atoms with Crippen LogP contribution in [-0.4, -0.2) is 0 Å². The zero-order valence-electron chi connectivity index (χ0n) is 9.02. The first kappa shape index (κ1) is 11.9. The van der Waals surface area contributed by atoms with Gasteiger partial charge in [0, 0.05) is 8.45 Å². The van der Waals surface area contributed by atoms with E-state index in [-0.39, 0.29) is 6.10 Å². The van der Waals surface area contributed by atoms with E-state index >= 15 is 0 Å². The van der Waals surface area contributed by atoms with Gasteiger partial charge in [-0.05, 0) is 58.7 Å². The van der Waals surface area contributed by atoms with Crippen LogP contribution in [0.5, 0.6) is 5.75 Å². The highest BCUT2D eigenvalue weighted by Gasteiger charge is 2.11. The zero-order chi connectivity index (χ0) is 11.4. The number of rotatable bonds is 4. The van der Waals surface area contributed by atoms with Gasteiger partial charge in [-0.2, -0.15) is 0 Å². The van der Waals surface area contributed by atoms with Gasteiger partial charge in [0.25, 0.3) is 0 Å². The summed E-state index contributed by atoms with van der Waals surface area (Å²) >= 11 is 4.05. The molecule has 3 heteroatoms. The zero-order valence-corrected chi connectivity index (χ0v) is 12.0. The monoisotopic (exact) mass is 344 g/mol. The molecule has 0 N–H and O–H groups in total. The molecule has 0 amide bonds. The molecule has 0 aliphatic rings. The Morgan fingerprint density at radius 1 is 1.31 bits per heavy atom. The number of halogens is 1. The van der Waals surface area contributed by atoms with Gasteiger partial charge in [0.2, 0.25) is 0 Å². The minimum absolute atomic E-state index is 0.179. The smallest absolute Gasteiger partial charge is 0.133 e. The summed E-state index contributed by atoms with van der Waals surface area (Å²) in [5, 5.41) is 2.09. The van der Waals surface area contributed by atoms with E-state index in [2.05, 4.69) is 59.2 Å². The van der Waals surface area contributed by atoms with Gasteiger partial charge in [-0.1, -0.05) is 19.1 Å². The third-order valence-corrected chi connectivity index (χ3v) is 3.94. The highest BCUT2D eigenvalue weighted by molar-refractivity contribution is 14.1. The predicted octanol–water partition coefficient (Wildman–Crippen LogP) is 4.88. The van der Waals surface area contributed by atoms with Crippen LogP contribution in [0, 0.1) is 3.57 Å². The van der Waals surface area contributed by atoms with Gasteiger partial charge in [0.1, 0.15) is 11.9 Å². The van der Waals surface area contributed by atoms with Gasteiger partial charge in [-0.15, -0.1) is 11.3 Å². The maximum Gasteiger partial charge on any atom is 0.133 e. The average Bonchev–Trinajstić information content (AvgIpc) is 2.79. The lowest BCUT2D eigenvalue weighted by Crippen LogP contribution is -2.04. The number of hydrogen-bond acceptors (Lipinski definition) is 2. The second-order valence-electron chi connectivity index (χ2n) is 3.49. The topological polar surface area (TPSA) is 9.23 Å². The van der Waals surface area contributed by atoms with Crippen LogP contribution in [0.2, 0.25) is 0 Å². The van der Waals surface area contributed by atoms with Crippen molar-refractivity contribution in [2.75, 3.05) is 0 Å². The molecule has 1 unspecified atom stereocenters. The molecule has 0 radical (unpaired) electrons. The van der Waals surface area contributed by atoms with Gasteiger partial charge in [-0.25, -0.2) is 0 Å². The summed E-state index contributed by atoms with van der Waals surface area (Å²) in [6.07, 6.45) is 1.17. The fraction of sp³-hybridized carbons (Fsp3) is 0.231. The quantitative estimate of drug-likeness (QED) is 0.718. The van der Waals surface area contributed by atoms with E-state index in [0.717, 1.165) is 12.2 Å². The van der Waals surface area contributed by atoms with Crippen LogP contribution in [0.25, 0.3) is 0 Å². The predicted molar refractivity (Wildman–Crippen MR) is 77.1 cm³/mol. The lowest BCUT2D eigenvalue weighted by molar-refractivity contribution is 0.205. The van der Waals surface area contributed by atoms with E-state index in [4.69, 9.17) is 4.74 Å². The number of ether oxygens (including phenoxy) is 1. The van der Waals surface area contributed by atoms with Crippen LogP contribution in [0.3, 0.4) is 0 Å². The third-order valence-electron chi connectivity index (χ3n) is 2.31. The van der Waals surface area contributed by atoms with Gasteiger partial charge < -0.3 is 4.74 Å². The third kappa shape index (κ3) is 2.98. The summed E-state index contributed by atoms with van der Waals surface area (Å²) < 4.78 is 7.20. The first-order valence-corrected chi connectivity index (χ1v) is 7.21. The molecule has 1 aromatic heterocycles. The Labute approximate surface area is 114 Å². The fourth-order valence-corrected chi connectivity index (χ4v) is 2.87. The van der Waals surface area contributed by atoms with E-state index in [1.807, 2.05) is 12.1 Å². The van der Waals surface area contributed by atoms with Gasteiger partial charge in [-0.3, -0.25) is 0 Å². The SMILES string of the molecule is CCC(Oc1cccc(I)c1)c1cccs1. The van der Waals surface area contributed by atoms with Gasteiger partial charge >= 0.3 is 0 Å². The minimum Gasteiger partial charge on any atom is -0.485 e. The molecule has 0 aliphatic heterocycles. The molecular weight excluding hydrogens is 331 g/mol. The van der Waals surface area contributed by atoms with Gasteiger partial charge in [0.15, 0.2) is 0 Å². The van der Waals surface area contributed by atoms with E-state index in [0.29, 0.717) is 0 Å². The van der Waals surface area contributed by atoms with E-state index < -0.39 is 0 Å². The molecule has 16 heavy (non-hydrogen) atoms. The fourth-order valence-electron chi connectivity index (χ4n) is 1.52. The molecule has 1 atom stereocenters. The first-order chi connectivity index (χ1) is 7.79. The molecule has 0 saturated heterocycles. The number of thiophene rings is 1. The van der Waals surface area contributed by atoms with Gasteiger partial charge in [0.05, 0.1) is 0 Å². The van der Waals surface area contributed by atoms with Crippen LogP contribution in [0.15, 0.2) is 41.8 Å². The maximum absolute atomic E-state index is 5.99. The lowest BCUT2D eigenvalue weighted by atomic mass is 10.2. The normalized spacial score (nSPS) is 12.4. The Morgan fingerprint density at radius 3 is 2.81 bits per heavy atom. The summed E-state index contributed by atoms with van der Waals surface area (Å²) in [5.74, 6) is 0.951. The summed E-state index contributed by atoms with van der Waals surface area (Å²) in [6, 6.07) is 12.4. The maximum atomic E-state index is 5.99. The second kappa shape index (κ2) is 5.68. The molecule has 0 saturated carbocycles. The Hall–Kier alpha value is -0.550. The van der Waals surface area contributed by atoms with Crippen LogP contribution < -0.4 is 4.74 Å². The molecule has 2 aromatic rings. The van der Waals surface area contributed by atoms with Crippen molar-refractivity contribution in [3.8, 4) is 5.75 Å². The largest absolute Gasteiger partial charge is 0.485 e. The van der Waals surface area contributed by atoms with Crippen LogP contribution >= 0.6 is 33.9 Å². The molecule has 0 aliphatic carbocycles. The molecular formula is C13H13IOS. The summed E-state index contributed by atoms with van der Waals surface area (Å²) in [5.41, 5.74) is 0. The van der Waals surface area contributed by atoms with Crippen molar-refractivity contribution in [1.82, 2.24) is 0 Å². The average molecular weight is 344 g/mol. The molecule has 0 fully saturated rings. The molecule has 2 rings (SSSR count).